The molecule has 146 valence electrons. The van der Waals surface area contributed by atoms with E-state index in [2.05, 4.69) is 0 Å². The van der Waals surface area contributed by atoms with Gasteiger partial charge in [0.25, 0.3) is 5.91 Å². The van der Waals surface area contributed by atoms with Crippen molar-refractivity contribution in [1.82, 2.24) is 4.57 Å². The molecular formula is C22H23FN2O3. The van der Waals surface area contributed by atoms with Gasteiger partial charge in [-0.25, -0.2) is 4.39 Å². The van der Waals surface area contributed by atoms with Gasteiger partial charge in [0.1, 0.15) is 17.3 Å². The van der Waals surface area contributed by atoms with Gasteiger partial charge in [0, 0.05) is 17.9 Å². The molecule has 1 amide bonds. The van der Waals surface area contributed by atoms with Crippen LogP contribution in [0.5, 0.6) is 11.5 Å². The fraction of sp³-hybridized carbons (Fsp3) is 0.227. The van der Waals surface area contributed by atoms with Crippen molar-refractivity contribution in [1.29, 1.82) is 0 Å². The molecule has 0 aliphatic rings. The number of nitrogens with two attached hydrogens (primary N) is 1. The molecule has 3 aromatic rings. The first-order chi connectivity index (χ1) is 13.4. The van der Waals surface area contributed by atoms with Crippen molar-refractivity contribution in [2.75, 3.05) is 14.2 Å². The van der Waals surface area contributed by atoms with E-state index in [0.717, 1.165) is 34.0 Å². The monoisotopic (exact) mass is 382 g/mol. The van der Waals surface area contributed by atoms with E-state index in [-0.39, 0.29) is 5.82 Å². The Morgan fingerprint density at radius 2 is 1.79 bits per heavy atom. The van der Waals surface area contributed by atoms with E-state index in [4.69, 9.17) is 15.2 Å². The van der Waals surface area contributed by atoms with Gasteiger partial charge in [0.2, 0.25) is 0 Å². The zero-order valence-corrected chi connectivity index (χ0v) is 16.2. The number of carbonyl (C=O) groups is 1. The van der Waals surface area contributed by atoms with Crippen LogP contribution in [0.25, 0.3) is 11.3 Å². The second kappa shape index (κ2) is 8.17. The molecule has 2 N–H and O–H groups in total. The maximum Gasteiger partial charge on any atom is 0.250 e. The molecule has 0 aliphatic heterocycles. The number of methoxy groups -OCH3 is 2. The normalized spacial score (nSPS) is 10.7. The topological polar surface area (TPSA) is 66.5 Å². The van der Waals surface area contributed by atoms with Gasteiger partial charge in [0.15, 0.2) is 0 Å². The van der Waals surface area contributed by atoms with Crippen LogP contribution in [0.15, 0.2) is 48.5 Å². The number of nitrogens with zero attached hydrogens (tertiary/aromatic N) is 1. The molecule has 28 heavy (non-hydrogen) atoms. The van der Waals surface area contributed by atoms with Gasteiger partial charge in [0.05, 0.1) is 19.8 Å². The van der Waals surface area contributed by atoms with E-state index in [1.165, 1.54) is 12.1 Å². The van der Waals surface area contributed by atoms with Gasteiger partial charge in [-0.2, -0.15) is 0 Å². The second-order valence-electron chi connectivity index (χ2n) is 6.48. The van der Waals surface area contributed by atoms with Crippen molar-refractivity contribution < 1.29 is 18.7 Å². The highest BCUT2D eigenvalue weighted by Gasteiger charge is 2.17. The predicted molar refractivity (Wildman–Crippen MR) is 106 cm³/mol. The molecule has 0 saturated carbocycles. The van der Waals surface area contributed by atoms with Crippen LogP contribution in [0, 0.1) is 12.7 Å². The lowest BCUT2D eigenvalue weighted by Crippen LogP contribution is -2.13. The molecule has 0 bridgehead atoms. The zero-order chi connectivity index (χ0) is 20.3. The highest BCUT2D eigenvalue weighted by molar-refractivity contribution is 5.95. The van der Waals surface area contributed by atoms with Crippen molar-refractivity contribution in [2.24, 2.45) is 5.73 Å². The summed E-state index contributed by atoms with van der Waals surface area (Å²) >= 11 is 0. The second-order valence-corrected chi connectivity index (χ2v) is 6.48. The van der Waals surface area contributed by atoms with Crippen molar-refractivity contribution in [2.45, 2.75) is 19.9 Å². The number of aromatic nitrogens is 1. The molecule has 0 atom stereocenters. The number of carbonyl (C=O) groups excluding carboxylic acids is 1. The van der Waals surface area contributed by atoms with Crippen LogP contribution in [-0.2, 0) is 13.0 Å². The standard InChI is InChI=1S/C22H23FN2O3/c1-14-19(22(24)26)13-20(15-4-6-17(23)7-5-15)25(14)11-10-16-12-18(27-2)8-9-21(16)28-3/h4-9,12-13H,10-11H2,1-3H3,(H2,24,26). The van der Waals surface area contributed by atoms with Gasteiger partial charge in [-0.1, -0.05) is 0 Å². The summed E-state index contributed by atoms with van der Waals surface area (Å²) in [5, 5.41) is 0. The SMILES string of the molecule is COc1ccc(OC)c(CCn2c(-c3ccc(F)cc3)cc(C(N)=O)c2C)c1. The first kappa shape index (κ1) is 19.5. The molecule has 0 fully saturated rings. The van der Waals surface area contributed by atoms with E-state index >= 15 is 0 Å². The number of amides is 1. The van der Waals surface area contributed by atoms with Crippen molar-refractivity contribution in [3.63, 3.8) is 0 Å². The van der Waals surface area contributed by atoms with E-state index in [0.29, 0.717) is 18.5 Å². The van der Waals surface area contributed by atoms with Gasteiger partial charge >= 0.3 is 0 Å². The summed E-state index contributed by atoms with van der Waals surface area (Å²) in [4.78, 5) is 11.8. The van der Waals surface area contributed by atoms with Crippen LogP contribution >= 0.6 is 0 Å². The minimum absolute atomic E-state index is 0.310. The third-order valence-electron chi connectivity index (χ3n) is 4.86. The van der Waals surface area contributed by atoms with E-state index in [1.54, 1.807) is 32.4 Å². The maximum atomic E-state index is 13.3. The number of hydrogen-bond donors (Lipinski definition) is 1. The Balaban J connectivity index is 1.99. The van der Waals surface area contributed by atoms with Gasteiger partial charge in [-0.05, 0) is 73.0 Å². The van der Waals surface area contributed by atoms with E-state index in [1.807, 2.05) is 29.7 Å². The van der Waals surface area contributed by atoms with Crippen LogP contribution in [0.1, 0.15) is 21.6 Å². The molecule has 0 radical (unpaired) electrons. The number of ether oxygens (including phenoxy) is 2. The lowest BCUT2D eigenvalue weighted by Gasteiger charge is -2.15. The zero-order valence-electron chi connectivity index (χ0n) is 16.2. The van der Waals surface area contributed by atoms with E-state index in [9.17, 15) is 9.18 Å². The molecule has 6 heteroatoms. The summed E-state index contributed by atoms with van der Waals surface area (Å²) in [7, 11) is 3.24. The number of hydrogen-bond acceptors (Lipinski definition) is 3. The maximum absolute atomic E-state index is 13.3. The molecule has 1 heterocycles. The van der Waals surface area contributed by atoms with Crippen LogP contribution in [0.4, 0.5) is 4.39 Å². The van der Waals surface area contributed by atoms with Gasteiger partial charge in [-0.15, -0.1) is 0 Å². The summed E-state index contributed by atoms with van der Waals surface area (Å²) < 4.78 is 26.1. The first-order valence-corrected chi connectivity index (χ1v) is 8.91. The van der Waals surface area contributed by atoms with Crippen LogP contribution < -0.4 is 15.2 Å². The summed E-state index contributed by atoms with van der Waals surface area (Å²) in [5.74, 6) is 0.717. The Morgan fingerprint density at radius 1 is 1.07 bits per heavy atom. The van der Waals surface area contributed by atoms with Gasteiger partial charge in [-0.3, -0.25) is 4.79 Å². The molecule has 2 aromatic carbocycles. The quantitative estimate of drug-likeness (QED) is 0.673. The molecule has 0 spiro atoms. The Hall–Kier alpha value is -3.28. The largest absolute Gasteiger partial charge is 0.497 e. The third kappa shape index (κ3) is 3.86. The fourth-order valence-electron chi connectivity index (χ4n) is 3.35. The first-order valence-electron chi connectivity index (χ1n) is 8.91. The number of benzene rings is 2. The molecule has 3 rings (SSSR count). The smallest absolute Gasteiger partial charge is 0.250 e. The highest BCUT2D eigenvalue weighted by Crippen LogP contribution is 2.29. The van der Waals surface area contributed by atoms with Crippen LogP contribution in [-0.4, -0.2) is 24.7 Å². The Labute approximate surface area is 163 Å². The van der Waals surface area contributed by atoms with Crippen LogP contribution in [0.3, 0.4) is 0 Å². The Kier molecular flexibility index (Phi) is 5.68. The van der Waals surface area contributed by atoms with Gasteiger partial charge < -0.3 is 19.8 Å². The molecule has 5 nitrogen and oxygen atoms in total. The van der Waals surface area contributed by atoms with Crippen molar-refractivity contribution >= 4 is 5.91 Å². The summed E-state index contributed by atoms with van der Waals surface area (Å²) in [6.07, 6.45) is 0.655. The van der Waals surface area contributed by atoms with E-state index < -0.39 is 5.91 Å². The Morgan fingerprint density at radius 3 is 2.39 bits per heavy atom. The summed E-state index contributed by atoms with van der Waals surface area (Å²) in [6, 6.07) is 13.6. The molecular weight excluding hydrogens is 359 g/mol. The summed E-state index contributed by atoms with van der Waals surface area (Å²) in [6.45, 7) is 2.45. The predicted octanol–water partition coefficient (Wildman–Crippen LogP) is 3.96. The molecule has 1 aromatic heterocycles. The van der Waals surface area contributed by atoms with Crippen molar-refractivity contribution in [3.8, 4) is 22.8 Å². The number of halogens is 1. The minimum Gasteiger partial charge on any atom is -0.497 e. The molecule has 0 aliphatic carbocycles. The fourth-order valence-corrected chi connectivity index (χ4v) is 3.35. The lowest BCUT2D eigenvalue weighted by atomic mass is 10.1. The number of aryl methyl sites for hydroxylation is 1. The number of rotatable bonds is 7. The Bertz CT molecular complexity index is 994. The summed E-state index contributed by atoms with van der Waals surface area (Å²) in [5.41, 5.74) is 9.38. The average Bonchev–Trinajstić information content (AvgIpc) is 3.03. The highest BCUT2D eigenvalue weighted by atomic mass is 19.1. The molecule has 0 unspecified atom stereocenters. The third-order valence-corrected chi connectivity index (χ3v) is 4.86. The minimum atomic E-state index is -0.487. The molecule has 0 saturated heterocycles. The number of primary amides is 1. The van der Waals surface area contributed by atoms with Crippen LogP contribution in [0.2, 0.25) is 0 Å². The van der Waals surface area contributed by atoms with Crippen molar-refractivity contribution in [3.05, 3.63) is 71.2 Å². The lowest BCUT2D eigenvalue weighted by molar-refractivity contribution is 0.0999. The average molecular weight is 382 g/mol.